The molecule has 31 heavy (non-hydrogen) atoms. The van der Waals surface area contributed by atoms with Crippen LogP contribution in [0.1, 0.15) is 26.7 Å². The fourth-order valence-corrected chi connectivity index (χ4v) is 4.76. The van der Waals surface area contributed by atoms with Crippen molar-refractivity contribution < 1.29 is 0 Å². The number of rotatable bonds is 6. The fourth-order valence-electron chi connectivity index (χ4n) is 4.36. The third-order valence-corrected chi connectivity index (χ3v) is 6.44. The third-order valence-electron chi connectivity index (χ3n) is 5.94. The molecule has 0 saturated carbocycles. The second-order valence-electron chi connectivity index (χ2n) is 8.45. The maximum Gasteiger partial charge on any atom is 0.260 e. The summed E-state index contributed by atoms with van der Waals surface area (Å²) in [5.74, 6) is 0.976. The molecule has 1 N–H and O–H groups in total. The molecule has 1 aromatic carbocycles. The second kappa shape index (κ2) is 9.37. The molecule has 0 amide bonds. The van der Waals surface area contributed by atoms with E-state index in [0.29, 0.717) is 12.1 Å². The Hall–Kier alpha value is -2.44. The number of nitrogens with zero attached hydrogens (tertiary/aromatic N) is 3. The molecule has 3 heterocycles. The van der Waals surface area contributed by atoms with E-state index in [2.05, 4.69) is 51.0 Å². The van der Waals surface area contributed by atoms with Crippen LogP contribution in [-0.2, 0) is 7.05 Å². The first-order valence-electron chi connectivity index (χ1n) is 10.9. The molecule has 4 rings (SSSR count). The third kappa shape index (κ3) is 4.60. The van der Waals surface area contributed by atoms with Crippen LogP contribution in [-0.4, -0.2) is 34.7 Å². The molecule has 1 fully saturated rings. The van der Waals surface area contributed by atoms with Crippen LogP contribution in [0.4, 0.5) is 5.82 Å². The van der Waals surface area contributed by atoms with Crippen molar-refractivity contribution in [2.75, 3.05) is 18.0 Å². The molecule has 6 heteroatoms. The fraction of sp³-hybridized carbons (Fsp3) is 0.360. The molecule has 0 bridgehead atoms. The van der Waals surface area contributed by atoms with Gasteiger partial charge in [-0.1, -0.05) is 41.9 Å². The summed E-state index contributed by atoms with van der Waals surface area (Å²) in [7, 11) is 1.89. The number of pyridine rings is 2. The maximum atomic E-state index is 13.7. The van der Waals surface area contributed by atoms with Crippen molar-refractivity contribution in [3.8, 4) is 22.3 Å². The maximum absolute atomic E-state index is 13.7. The smallest absolute Gasteiger partial charge is 0.260 e. The Labute approximate surface area is 192 Å². The van der Waals surface area contributed by atoms with Crippen molar-refractivity contribution in [2.24, 2.45) is 7.05 Å². The predicted molar refractivity (Wildman–Crippen MR) is 132 cm³/mol. The average molecular weight is 481 g/mol. The van der Waals surface area contributed by atoms with Gasteiger partial charge in [-0.2, -0.15) is 0 Å². The lowest BCUT2D eigenvalue weighted by Gasteiger charge is -2.30. The van der Waals surface area contributed by atoms with E-state index in [1.165, 1.54) is 0 Å². The lowest BCUT2D eigenvalue weighted by molar-refractivity contribution is 0.519. The second-order valence-corrected chi connectivity index (χ2v) is 9.37. The largest absolute Gasteiger partial charge is 0.354 e. The van der Waals surface area contributed by atoms with Gasteiger partial charge in [0.2, 0.25) is 0 Å². The van der Waals surface area contributed by atoms with Gasteiger partial charge in [0.25, 0.3) is 5.56 Å². The molecular weight excluding hydrogens is 452 g/mol. The summed E-state index contributed by atoms with van der Waals surface area (Å²) in [6.45, 7) is 6.22. The van der Waals surface area contributed by atoms with E-state index in [1.807, 2.05) is 48.0 Å². The van der Waals surface area contributed by atoms with Gasteiger partial charge in [-0.15, -0.1) is 0 Å². The molecule has 3 aromatic rings. The molecule has 2 aromatic heterocycles. The molecule has 1 aliphatic rings. The van der Waals surface area contributed by atoms with E-state index in [9.17, 15) is 4.79 Å². The van der Waals surface area contributed by atoms with Crippen LogP contribution in [0, 0.1) is 0 Å². The van der Waals surface area contributed by atoms with Crippen LogP contribution in [0.5, 0.6) is 0 Å². The molecule has 0 spiro atoms. The first-order chi connectivity index (χ1) is 15.0. The molecule has 5 nitrogen and oxygen atoms in total. The van der Waals surface area contributed by atoms with Gasteiger partial charge in [0.1, 0.15) is 5.82 Å². The number of aromatic nitrogens is 2. The Bertz CT molecular complexity index is 1110. The SMILES string of the molecule is CC(C)NC[C@H]1CCCN1c1cc(-c2ccncc2)c(-c2cccc(Br)c2)c(=O)n1C. The van der Waals surface area contributed by atoms with Crippen molar-refractivity contribution in [2.45, 2.75) is 38.8 Å². The van der Waals surface area contributed by atoms with Gasteiger partial charge in [-0.25, -0.2) is 0 Å². The first kappa shape index (κ1) is 21.8. The van der Waals surface area contributed by atoms with Crippen LogP contribution in [0.3, 0.4) is 0 Å². The van der Waals surface area contributed by atoms with Crippen molar-refractivity contribution in [1.82, 2.24) is 14.9 Å². The Kier molecular flexibility index (Phi) is 6.58. The molecule has 1 saturated heterocycles. The topological polar surface area (TPSA) is 50.2 Å². The number of hydrogen-bond acceptors (Lipinski definition) is 4. The molecular formula is C25H29BrN4O. The summed E-state index contributed by atoms with van der Waals surface area (Å²) in [5.41, 5.74) is 3.59. The van der Waals surface area contributed by atoms with Gasteiger partial charge >= 0.3 is 0 Å². The normalized spacial score (nSPS) is 16.3. The highest BCUT2D eigenvalue weighted by molar-refractivity contribution is 9.10. The van der Waals surface area contributed by atoms with Crippen molar-refractivity contribution >= 4 is 21.7 Å². The number of nitrogens with one attached hydrogen (secondary N) is 1. The minimum Gasteiger partial charge on any atom is -0.354 e. The van der Waals surface area contributed by atoms with Gasteiger partial charge in [0, 0.05) is 49.1 Å². The highest BCUT2D eigenvalue weighted by Crippen LogP contribution is 2.35. The highest BCUT2D eigenvalue weighted by Gasteiger charge is 2.28. The van der Waals surface area contributed by atoms with Gasteiger partial charge < -0.3 is 10.2 Å². The zero-order valence-corrected chi connectivity index (χ0v) is 19.9. The van der Waals surface area contributed by atoms with Crippen LogP contribution >= 0.6 is 15.9 Å². The Morgan fingerprint density at radius 1 is 1.16 bits per heavy atom. The van der Waals surface area contributed by atoms with Crippen molar-refractivity contribution in [1.29, 1.82) is 0 Å². The average Bonchev–Trinajstić information content (AvgIpc) is 3.23. The Balaban J connectivity index is 1.87. The van der Waals surface area contributed by atoms with Crippen LogP contribution in [0.2, 0.25) is 0 Å². The van der Waals surface area contributed by atoms with Gasteiger partial charge in [-0.3, -0.25) is 14.3 Å². The minimum atomic E-state index is 0.0184. The number of anilines is 1. The van der Waals surface area contributed by atoms with Crippen molar-refractivity contribution in [3.63, 3.8) is 0 Å². The minimum absolute atomic E-state index is 0.0184. The number of hydrogen-bond donors (Lipinski definition) is 1. The Morgan fingerprint density at radius 2 is 1.94 bits per heavy atom. The van der Waals surface area contributed by atoms with E-state index in [-0.39, 0.29) is 5.56 Å². The standard InChI is InChI=1S/C25H29BrN4O/c1-17(2)28-16-21-8-5-13-30(21)23-15-22(18-9-11-27-12-10-18)24(25(31)29(23)3)19-6-4-7-20(26)14-19/h4,6-7,9-12,14-15,17,21,28H,5,8,13,16H2,1-3H3/t21-/m1/s1. The number of benzene rings is 1. The van der Waals surface area contributed by atoms with Crippen LogP contribution < -0.4 is 15.8 Å². The van der Waals surface area contributed by atoms with E-state index >= 15 is 0 Å². The molecule has 0 unspecified atom stereocenters. The van der Waals surface area contributed by atoms with E-state index < -0.39 is 0 Å². The molecule has 0 aliphatic carbocycles. The molecule has 162 valence electrons. The zero-order valence-electron chi connectivity index (χ0n) is 18.3. The summed E-state index contributed by atoms with van der Waals surface area (Å²) in [6, 6.07) is 14.9. The first-order valence-corrected chi connectivity index (χ1v) is 11.7. The van der Waals surface area contributed by atoms with Gasteiger partial charge in [0.05, 0.1) is 5.56 Å². The summed E-state index contributed by atoms with van der Waals surface area (Å²) in [5, 5.41) is 3.57. The summed E-state index contributed by atoms with van der Waals surface area (Å²) < 4.78 is 2.77. The molecule has 1 aliphatic heterocycles. The van der Waals surface area contributed by atoms with Crippen molar-refractivity contribution in [3.05, 3.63) is 69.7 Å². The molecule has 0 radical (unpaired) electrons. The predicted octanol–water partition coefficient (Wildman–Crippen LogP) is 4.84. The Morgan fingerprint density at radius 3 is 2.65 bits per heavy atom. The summed E-state index contributed by atoms with van der Waals surface area (Å²) in [6.07, 6.45) is 5.83. The summed E-state index contributed by atoms with van der Waals surface area (Å²) >= 11 is 3.55. The van der Waals surface area contributed by atoms with E-state index in [4.69, 9.17) is 0 Å². The van der Waals surface area contributed by atoms with Crippen LogP contribution in [0.25, 0.3) is 22.3 Å². The lowest BCUT2D eigenvalue weighted by Crippen LogP contribution is -2.42. The number of halogens is 1. The molecule has 1 atom stereocenters. The monoisotopic (exact) mass is 480 g/mol. The van der Waals surface area contributed by atoms with Crippen LogP contribution in [0.15, 0.2) is 64.1 Å². The lowest BCUT2D eigenvalue weighted by atomic mass is 9.96. The van der Waals surface area contributed by atoms with E-state index in [0.717, 1.165) is 58.5 Å². The summed E-state index contributed by atoms with van der Waals surface area (Å²) in [4.78, 5) is 20.3. The van der Waals surface area contributed by atoms with Gasteiger partial charge in [-0.05, 0) is 59.9 Å². The zero-order chi connectivity index (χ0) is 22.0. The quantitative estimate of drug-likeness (QED) is 0.547. The highest BCUT2D eigenvalue weighted by atomic mass is 79.9. The van der Waals surface area contributed by atoms with E-state index in [1.54, 1.807) is 12.4 Å². The van der Waals surface area contributed by atoms with Gasteiger partial charge in [0.15, 0.2) is 0 Å².